The van der Waals surface area contributed by atoms with Crippen LogP contribution in [0.5, 0.6) is 5.75 Å². The summed E-state index contributed by atoms with van der Waals surface area (Å²) in [5, 5.41) is 3.29. The number of likely N-dealkylation sites (tertiary alicyclic amines) is 1. The van der Waals surface area contributed by atoms with E-state index < -0.39 is 0 Å². The molecular formula is C16H26N2O. The summed E-state index contributed by atoms with van der Waals surface area (Å²) in [5.74, 6) is 1.01. The lowest BCUT2D eigenvalue weighted by Crippen LogP contribution is -2.26. The Balaban J connectivity index is 2.20. The molecule has 2 rings (SSSR count). The normalized spacial score (nSPS) is 21.6. The molecule has 1 fully saturated rings. The molecule has 1 aliphatic rings. The van der Waals surface area contributed by atoms with Crippen LogP contribution in [-0.2, 0) is 6.54 Å². The molecule has 0 bridgehead atoms. The van der Waals surface area contributed by atoms with Crippen LogP contribution >= 0.6 is 0 Å². The van der Waals surface area contributed by atoms with Gasteiger partial charge in [-0.15, -0.1) is 0 Å². The maximum absolute atomic E-state index is 5.51. The molecule has 3 heteroatoms. The van der Waals surface area contributed by atoms with Gasteiger partial charge in [0.1, 0.15) is 5.75 Å². The fourth-order valence-electron chi connectivity index (χ4n) is 2.80. The maximum atomic E-state index is 5.51. The van der Waals surface area contributed by atoms with Crippen LogP contribution in [0.1, 0.15) is 43.9 Å². The summed E-state index contributed by atoms with van der Waals surface area (Å²) in [7, 11) is 3.75. The van der Waals surface area contributed by atoms with Crippen LogP contribution in [-0.4, -0.2) is 31.6 Å². The van der Waals surface area contributed by atoms with Crippen molar-refractivity contribution in [1.29, 1.82) is 0 Å². The van der Waals surface area contributed by atoms with Crippen molar-refractivity contribution >= 4 is 0 Å². The molecule has 0 aromatic heterocycles. The summed E-state index contributed by atoms with van der Waals surface area (Å²) in [4.78, 5) is 2.55. The monoisotopic (exact) mass is 262 g/mol. The fourth-order valence-corrected chi connectivity index (χ4v) is 2.80. The molecule has 1 N–H and O–H groups in total. The van der Waals surface area contributed by atoms with E-state index in [2.05, 4.69) is 42.3 Å². The van der Waals surface area contributed by atoms with Gasteiger partial charge in [0, 0.05) is 24.2 Å². The highest BCUT2D eigenvalue weighted by Gasteiger charge is 2.21. The van der Waals surface area contributed by atoms with Gasteiger partial charge in [-0.1, -0.05) is 6.07 Å². The van der Waals surface area contributed by atoms with E-state index in [1.165, 1.54) is 30.5 Å². The molecule has 0 aliphatic carbocycles. The number of hydrogen-bond acceptors (Lipinski definition) is 3. The van der Waals surface area contributed by atoms with Gasteiger partial charge >= 0.3 is 0 Å². The van der Waals surface area contributed by atoms with Crippen LogP contribution in [0.4, 0.5) is 0 Å². The molecule has 1 aliphatic heterocycles. The van der Waals surface area contributed by atoms with E-state index in [1.807, 2.05) is 7.05 Å². The third-order valence-corrected chi connectivity index (χ3v) is 4.30. The van der Waals surface area contributed by atoms with Gasteiger partial charge < -0.3 is 10.1 Å². The number of hydrogen-bond donors (Lipinski definition) is 1. The minimum Gasteiger partial charge on any atom is -0.496 e. The SMILES string of the molecule is CNC(C)c1ccc(OC)c(CN2CCCC2C)c1. The highest BCUT2D eigenvalue weighted by atomic mass is 16.5. The van der Waals surface area contributed by atoms with Gasteiger partial charge in [-0.05, 0) is 58.0 Å². The lowest BCUT2D eigenvalue weighted by Gasteiger charge is -2.23. The fraction of sp³-hybridized carbons (Fsp3) is 0.625. The molecule has 2 unspecified atom stereocenters. The van der Waals surface area contributed by atoms with Crippen LogP contribution in [0.25, 0.3) is 0 Å². The molecule has 1 saturated heterocycles. The third-order valence-electron chi connectivity index (χ3n) is 4.30. The van der Waals surface area contributed by atoms with Crippen molar-refractivity contribution in [1.82, 2.24) is 10.2 Å². The van der Waals surface area contributed by atoms with Crippen molar-refractivity contribution in [2.75, 3.05) is 20.7 Å². The van der Waals surface area contributed by atoms with E-state index >= 15 is 0 Å². The van der Waals surface area contributed by atoms with Crippen LogP contribution in [0, 0.1) is 0 Å². The Hall–Kier alpha value is -1.06. The predicted molar refractivity (Wildman–Crippen MR) is 79.6 cm³/mol. The van der Waals surface area contributed by atoms with E-state index in [0.717, 1.165) is 12.3 Å². The van der Waals surface area contributed by atoms with E-state index in [-0.39, 0.29) is 0 Å². The van der Waals surface area contributed by atoms with E-state index in [4.69, 9.17) is 4.74 Å². The summed E-state index contributed by atoms with van der Waals surface area (Å²) in [6.45, 7) is 6.70. The molecule has 3 nitrogen and oxygen atoms in total. The highest BCUT2D eigenvalue weighted by Crippen LogP contribution is 2.27. The molecule has 19 heavy (non-hydrogen) atoms. The second-order valence-corrected chi connectivity index (χ2v) is 5.54. The third kappa shape index (κ3) is 3.28. The van der Waals surface area contributed by atoms with E-state index in [9.17, 15) is 0 Å². The van der Waals surface area contributed by atoms with Crippen molar-refractivity contribution in [3.05, 3.63) is 29.3 Å². The van der Waals surface area contributed by atoms with Crippen LogP contribution in [0.15, 0.2) is 18.2 Å². The molecule has 0 spiro atoms. The molecule has 0 saturated carbocycles. The number of nitrogens with zero attached hydrogens (tertiary/aromatic N) is 1. The molecule has 1 aromatic carbocycles. The quantitative estimate of drug-likeness (QED) is 0.883. The lowest BCUT2D eigenvalue weighted by atomic mass is 10.0. The maximum Gasteiger partial charge on any atom is 0.123 e. The van der Waals surface area contributed by atoms with Crippen molar-refractivity contribution in [3.63, 3.8) is 0 Å². The van der Waals surface area contributed by atoms with E-state index in [1.54, 1.807) is 7.11 Å². The van der Waals surface area contributed by atoms with Crippen molar-refractivity contribution in [3.8, 4) is 5.75 Å². The standard InChI is InChI=1S/C16H26N2O/c1-12-6-5-9-18(12)11-15-10-14(13(2)17-3)7-8-16(15)19-4/h7-8,10,12-13,17H,5-6,9,11H2,1-4H3. The molecule has 2 atom stereocenters. The zero-order chi connectivity index (χ0) is 13.8. The molecule has 0 amide bonds. The first-order chi connectivity index (χ1) is 9.15. The first kappa shape index (κ1) is 14.4. The van der Waals surface area contributed by atoms with Crippen molar-refractivity contribution in [2.45, 2.75) is 45.3 Å². The van der Waals surface area contributed by atoms with E-state index in [0.29, 0.717) is 12.1 Å². The Kier molecular flexibility index (Phi) is 4.83. The van der Waals surface area contributed by atoms with Crippen LogP contribution in [0.2, 0.25) is 0 Å². The predicted octanol–water partition coefficient (Wildman–Crippen LogP) is 2.96. The van der Waals surface area contributed by atoms with Gasteiger partial charge in [-0.25, -0.2) is 0 Å². The molecule has 1 aromatic rings. The summed E-state index contributed by atoms with van der Waals surface area (Å²) in [6, 6.07) is 7.59. The number of rotatable bonds is 5. The van der Waals surface area contributed by atoms with Gasteiger partial charge in [0.05, 0.1) is 7.11 Å². The largest absolute Gasteiger partial charge is 0.496 e. The summed E-state index contributed by atoms with van der Waals surface area (Å²) < 4.78 is 5.51. The average molecular weight is 262 g/mol. The summed E-state index contributed by atoms with van der Waals surface area (Å²) in [6.07, 6.45) is 2.63. The van der Waals surface area contributed by atoms with Gasteiger partial charge in [0.2, 0.25) is 0 Å². The van der Waals surface area contributed by atoms with Gasteiger partial charge in [-0.2, -0.15) is 0 Å². The highest BCUT2D eigenvalue weighted by molar-refractivity contribution is 5.38. The Morgan fingerprint density at radius 1 is 1.47 bits per heavy atom. The van der Waals surface area contributed by atoms with Crippen LogP contribution < -0.4 is 10.1 Å². The minimum absolute atomic E-state index is 0.376. The Morgan fingerprint density at radius 3 is 2.84 bits per heavy atom. The number of nitrogens with one attached hydrogen (secondary N) is 1. The summed E-state index contributed by atoms with van der Waals surface area (Å²) in [5.41, 5.74) is 2.63. The first-order valence-electron chi connectivity index (χ1n) is 7.23. The average Bonchev–Trinajstić information content (AvgIpc) is 2.83. The molecule has 106 valence electrons. The zero-order valence-electron chi connectivity index (χ0n) is 12.6. The molecule has 1 heterocycles. The number of methoxy groups -OCH3 is 1. The van der Waals surface area contributed by atoms with Crippen molar-refractivity contribution < 1.29 is 4.74 Å². The first-order valence-corrected chi connectivity index (χ1v) is 7.23. The zero-order valence-corrected chi connectivity index (χ0v) is 12.6. The van der Waals surface area contributed by atoms with Crippen LogP contribution in [0.3, 0.4) is 0 Å². The lowest BCUT2D eigenvalue weighted by molar-refractivity contribution is 0.256. The number of benzene rings is 1. The topological polar surface area (TPSA) is 24.5 Å². The van der Waals surface area contributed by atoms with Gasteiger partial charge in [-0.3, -0.25) is 4.90 Å². The smallest absolute Gasteiger partial charge is 0.123 e. The second-order valence-electron chi connectivity index (χ2n) is 5.54. The molecular weight excluding hydrogens is 236 g/mol. The summed E-state index contributed by atoms with van der Waals surface area (Å²) >= 11 is 0. The Bertz CT molecular complexity index is 419. The Morgan fingerprint density at radius 2 is 2.26 bits per heavy atom. The van der Waals surface area contributed by atoms with Gasteiger partial charge in [0.25, 0.3) is 0 Å². The minimum atomic E-state index is 0.376. The van der Waals surface area contributed by atoms with Gasteiger partial charge in [0.15, 0.2) is 0 Å². The Labute approximate surface area is 116 Å². The van der Waals surface area contributed by atoms with Crippen molar-refractivity contribution in [2.24, 2.45) is 0 Å². The molecule has 0 radical (unpaired) electrons. The second kappa shape index (κ2) is 6.40. The number of ether oxygens (including phenoxy) is 1.